The summed E-state index contributed by atoms with van der Waals surface area (Å²) in [6.45, 7) is 5.51. The fraction of sp³-hybridized carbons (Fsp3) is 0.786. The lowest BCUT2D eigenvalue weighted by atomic mass is 10.4. The van der Waals surface area contributed by atoms with Crippen LogP contribution in [0.25, 0.3) is 0 Å². The highest BCUT2D eigenvalue weighted by Crippen LogP contribution is 2.26. The standard InChI is InChI=1S/C14H23F2N3O6/c1-2-22-5-6-24-9-10-25-8-7-23-4-3-18-11-12(19(20)21)13(17-18)14(15)16/h11,14H,2-10H2,1H3. The Balaban J connectivity index is 2.06. The molecule has 1 rings (SSSR count). The minimum absolute atomic E-state index is 0.133. The van der Waals surface area contributed by atoms with E-state index in [0.717, 1.165) is 10.9 Å². The average Bonchev–Trinajstić information content (AvgIpc) is 3.01. The van der Waals surface area contributed by atoms with Crippen LogP contribution in [0.15, 0.2) is 6.20 Å². The van der Waals surface area contributed by atoms with Crippen LogP contribution >= 0.6 is 0 Å². The predicted molar refractivity (Wildman–Crippen MR) is 82.8 cm³/mol. The number of aromatic nitrogens is 2. The Hall–Kier alpha value is -1.69. The molecule has 0 radical (unpaired) electrons. The normalized spacial score (nSPS) is 11.4. The van der Waals surface area contributed by atoms with Crippen LogP contribution in [0.1, 0.15) is 19.0 Å². The Morgan fingerprint density at radius 2 is 1.60 bits per heavy atom. The van der Waals surface area contributed by atoms with Gasteiger partial charge in [-0.15, -0.1) is 0 Å². The number of rotatable bonds is 15. The molecular weight excluding hydrogens is 344 g/mol. The molecular formula is C14H23F2N3O6. The molecule has 0 aliphatic heterocycles. The minimum Gasteiger partial charge on any atom is -0.379 e. The highest BCUT2D eigenvalue weighted by atomic mass is 19.3. The van der Waals surface area contributed by atoms with Crippen molar-refractivity contribution in [3.05, 3.63) is 22.0 Å². The Morgan fingerprint density at radius 1 is 1.08 bits per heavy atom. The largest absolute Gasteiger partial charge is 0.379 e. The first-order valence-corrected chi connectivity index (χ1v) is 7.87. The van der Waals surface area contributed by atoms with Crippen molar-refractivity contribution in [3.63, 3.8) is 0 Å². The molecule has 0 saturated heterocycles. The molecule has 0 N–H and O–H groups in total. The molecule has 0 fully saturated rings. The number of ether oxygens (including phenoxy) is 4. The summed E-state index contributed by atoms with van der Waals surface area (Å²) in [4.78, 5) is 9.79. The van der Waals surface area contributed by atoms with Crippen LogP contribution in [0, 0.1) is 10.1 Å². The molecule has 1 heterocycles. The Bertz CT molecular complexity index is 501. The number of hydrogen-bond acceptors (Lipinski definition) is 7. The third kappa shape index (κ3) is 8.82. The highest BCUT2D eigenvalue weighted by Gasteiger charge is 2.26. The molecule has 0 spiro atoms. The maximum absolute atomic E-state index is 12.6. The zero-order valence-corrected chi connectivity index (χ0v) is 14.1. The van der Waals surface area contributed by atoms with E-state index in [1.807, 2.05) is 6.92 Å². The molecule has 1 aromatic heterocycles. The van der Waals surface area contributed by atoms with Crippen LogP contribution in [-0.2, 0) is 25.5 Å². The van der Waals surface area contributed by atoms with Crippen molar-refractivity contribution < 1.29 is 32.7 Å². The maximum atomic E-state index is 12.6. The molecule has 144 valence electrons. The second-order valence-electron chi connectivity index (χ2n) is 4.75. The summed E-state index contributed by atoms with van der Waals surface area (Å²) < 4.78 is 47.2. The molecule has 0 amide bonds. The van der Waals surface area contributed by atoms with Gasteiger partial charge in [0.15, 0.2) is 0 Å². The van der Waals surface area contributed by atoms with Gasteiger partial charge in [0.25, 0.3) is 6.43 Å². The van der Waals surface area contributed by atoms with Gasteiger partial charge in [0.1, 0.15) is 6.20 Å². The van der Waals surface area contributed by atoms with Gasteiger partial charge in [-0.25, -0.2) is 8.78 Å². The van der Waals surface area contributed by atoms with Crippen molar-refractivity contribution in [1.82, 2.24) is 9.78 Å². The number of nitrogens with zero attached hydrogens (tertiary/aromatic N) is 3. The summed E-state index contributed by atoms with van der Waals surface area (Å²) in [6.07, 6.45) is -2.02. The lowest BCUT2D eigenvalue weighted by Crippen LogP contribution is -2.13. The van der Waals surface area contributed by atoms with E-state index in [9.17, 15) is 18.9 Å². The smallest absolute Gasteiger partial charge is 0.316 e. The molecule has 0 bridgehead atoms. The zero-order chi connectivity index (χ0) is 18.5. The van der Waals surface area contributed by atoms with Gasteiger partial charge in [0, 0.05) is 6.61 Å². The van der Waals surface area contributed by atoms with Crippen molar-refractivity contribution in [2.45, 2.75) is 19.9 Å². The van der Waals surface area contributed by atoms with Gasteiger partial charge in [0.05, 0.1) is 57.7 Å². The van der Waals surface area contributed by atoms with Crippen molar-refractivity contribution in [1.29, 1.82) is 0 Å². The van der Waals surface area contributed by atoms with E-state index >= 15 is 0 Å². The zero-order valence-electron chi connectivity index (χ0n) is 14.1. The van der Waals surface area contributed by atoms with E-state index in [4.69, 9.17) is 18.9 Å². The van der Waals surface area contributed by atoms with Gasteiger partial charge in [-0.2, -0.15) is 5.10 Å². The third-order valence-corrected chi connectivity index (χ3v) is 2.96. The molecule has 0 saturated carbocycles. The fourth-order valence-electron chi connectivity index (χ4n) is 1.80. The van der Waals surface area contributed by atoms with E-state index in [1.165, 1.54) is 0 Å². The number of hydrogen-bond donors (Lipinski definition) is 0. The maximum Gasteiger partial charge on any atom is 0.316 e. The lowest BCUT2D eigenvalue weighted by Gasteiger charge is -2.07. The van der Waals surface area contributed by atoms with Crippen LogP contribution in [0.2, 0.25) is 0 Å². The summed E-state index contributed by atoms with van der Waals surface area (Å²) in [5, 5.41) is 14.2. The van der Waals surface area contributed by atoms with Crippen molar-refractivity contribution in [3.8, 4) is 0 Å². The quantitative estimate of drug-likeness (QED) is 0.265. The second kappa shape index (κ2) is 12.6. The Kier molecular flexibility index (Phi) is 10.8. The molecule has 0 atom stereocenters. The van der Waals surface area contributed by atoms with Gasteiger partial charge in [-0.05, 0) is 6.92 Å². The van der Waals surface area contributed by atoms with Crippen molar-refractivity contribution >= 4 is 5.69 Å². The Morgan fingerprint density at radius 3 is 2.04 bits per heavy atom. The number of alkyl halides is 2. The first-order chi connectivity index (χ1) is 12.1. The van der Waals surface area contributed by atoms with E-state index < -0.39 is 22.7 Å². The van der Waals surface area contributed by atoms with Gasteiger partial charge in [0.2, 0.25) is 5.69 Å². The molecule has 0 unspecified atom stereocenters. The van der Waals surface area contributed by atoms with Crippen molar-refractivity contribution in [2.75, 3.05) is 52.9 Å². The summed E-state index contributed by atoms with van der Waals surface area (Å²) >= 11 is 0. The van der Waals surface area contributed by atoms with E-state index in [2.05, 4.69) is 5.10 Å². The third-order valence-electron chi connectivity index (χ3n) is 2.96. The molecule has 11 heteroatoms. The van der Waals surface area contributed by atoms with Crippen LogP contribution in [0.5, 0.6) is 0 Å². The molecule has 25 heavy (non-hydrogen) atoms. The van der Waals surface area contributed by atoms with E-state index in [1.54, 1.807) is 0 Å². The average molecular weight is 367 g/mol. The van der Waals surface area contributed by atoms with Crippen LogP contribution in [0.3, 0.4) is 0 Å². The predicted octanol–water partition coefficient (Wildman–Crippen LogP) is 1.82. The van der Waals surface area contributed by atoms with Gasteiger partial charge in [-0.3, -0.25) is 14.8 Å². The SMILES string of the molecule is CCOCCOCCOCCOCCn1cc([N+](=O)[O-])c(C(F)F)n1. The first-order valence-electron chi connectivity index (χ1n) is 7.87. The van der Waals surface area contributed by atoms with E-state index in [-0.39, 0.29) is 13.2 Å². The lowest BCUT2D eigenvalue weighted by molar-refractivity contribution is -0.386. The molecule has 1 aromatic rings. The summed E-state index contributed by atoms with van der Waals surface area (Å²) in [7, 11) is 0. The molecule has 0 aliphatic rings. The number of nitro groups is 1. The minimum atomic E-state index is -2.99. The molecule has 0 aromatic carbocycles. The van der Waals surface area contributed by atoms with E-state index in [0.29, 0.717) is 46.2 Å². The topological polar surface area (TPSA) is 97.9 Å². The van der Waals surface area contributed by atoms with Gasteiger partial charge in [-0.1, -0.05) is 0 Å². The monoisotopic (exact) mass is 367 g/mol. The van der Waals surface area contributed by atoms with Crippen LogP contribution < -0.4 is 0 Å². The molecule has 9 nitrogen and oxygen atoms in total. The van der Waals surface area contributed by atoms with Crippen LogP contribution in [0.4, 0.5) is 14.5 Å². The summed E-state index contributed by atoms with van der Waals surface area (Å²) in [5.41, 5.74) is -1.53. The Labute approximate surface area is 143 Å². The number of halogens is 2. The fourth-order valence-corrected chi connectivity index (χ4v) is 1.80. The van der Waals surface area contributed by atoms with Gasteiger partial charge < -0.3 is 18.9 Å². The second-order valence-corrected chi connectivity index (χ2v) is 4.75. The summed E-state index contributed by atoms with van der Waals surface area (Å²) in [5.74, 6) is 0. The highest BCUT2D eigenvalue weighted by molar-refractivity contribution is 5.33. The first kappa shape index (κ1) is 21.4. The van der Waals surface area contributed by atoms with Crippen LogP contribution in [-0.4, -0.2) is 67.6 Å². The van der Waals surface area contributed by atoms with Crippen molar-refractivity contribution in [2.24, 2.45) is 0 Å². The molecule has 0 aliphatic carbocycles. The van der Waals surface area contributed by atoms with Gasteiger partial charge >= 0.3 is 5.69 Å². The summed E-state index contributed by atoms with van der Waals surface area (Å²) in [6, 6.07) is 0.